The number of benzene rings is 2. The van der Waals surface area contributed by atoms with Crippen LogP contribution in [0.15, 0.2) is 72.1 Å². The fraction of sp³-hybridized carbons (Fsp3) is 0.125. The number of hydrogen-bond donors (Lipinski definition) is 1. The molecule has 0 saturated carbocycles. The number of rotatable bonds is 7. The van der Waals surface area contributed by atoms with E-state index < -0.39 is 5.97 Å². The van der Waals surface area contributed by atoms with Crippen molar-refractivity contribution in [3.05, 3.63) is 83.2 Å². The summed E-state index contributed by atoms with van der Waals surface area (Å²) in [5.74, 6) is -0.187. The Morgan fingerprint density at radius 1 is 1.03 bits per heavy atom. The van der Waals surface area contributed by atoms with Crippen molar-refractivity contribution in [3.63, 3.8) is 0 Å². The highest BCUT2D eigenvalue weighted by molar-refractivity contribution is 7.13. The highest BCUT2D eigenvalue weighted by atomic mass is 32.1. The first kappa shape index (κ1) is 20.6. The summed E-state index contributed by atoms with van der Waals surface area (Å²) in [7, 11) is 1.60. The zero-order valence-corrected chi connectivity index (χ0v) is 17.6. The van der Waals surface area contributed by atoms with Crippen molar-refractivity contribution in [1.82, 2.24) is 10.3 Å². The minimum absolute atomic E-state index is 0.334. The number of thiophene rings is 1. The van der Waals surface area contributed by atoms with E-state index in [1.165, 1.54) is 0 Å². The summed E-state index contributed by atoms with van der Waals surface area (Å²) in [6, 6.07) is 20.3. The molecule has 2 aromatic carbocycles. The van der Waals surface area contributed by atoms with E-state index in [2.05, 4.69) is 10.3 Å². The number of esters is 1. The van der Waals surface area contributed by atoms with Crippen LogP contribution in [0.25, 0.3) is 21.5 Å². The Hall–Kier alpha value is -3.71. The van der Waals surface area contributed by atoms with Gasteiger partial charge in [-0.05, 0) is 41.3 Å². The summed E-state index contributed by atoms with van der Waals surface area (Å²) in [5.41, 5.74) is 2.70. The van der Waals surface area contributed by atoms with E-state index in [1.807, 2.05) is 66.0 Å². The van der Waals surface area contributed by atoms with Crippen LogP contribution in [-0.4, -0.2) is 30.6 Å². The van der Waals surface area contributed by atoms with Crippen molar-refractivity contribution in [2.24, 2.45) is 0 Å². The molecule has 2 aromatic heterocycles. The molecule has 0 aliphatic heterocycles. The third-order valence-electron chi connectivity index (χ3n) is 4.69. The molecule has 0 saturated heterocycles. The van der Waals surface area contributed by atoms with Gasteiger partial charge < -0.3 is 14.8 Å². The number of amides is 1. The summed E-state index contributed by atoms with van der Waals surface area (Å²) in [6.45, 7) is -0.0267. The number of para-hydroxylation sites is 1. The number of carbonyl (C=O) groups excluding carboxylic acids is 2. The lowest BCUT2D eigenvalue weighted by Crippen LogP contribution is -2.28. The van der Waals surface area contributed by atoms with Crippen molar-refractivity contribution in [3.8, 4) is 16.3 Å². The van der Waals surface area contributed by atoms with Crippen molar-refractivity contribution in [2.45, 2.75) is 6.54 Å². The van der Waals surface area contributed by atoms with Crippen molar-refractivity contribution < 1.29 is 19.1 Å². The molecule has 31 heavy (non-hydrogen) atoms. The standard InChI is InChI=1S/C24H20N2O4S/c1-29-17-10-8-16(9-11-17)14-25-23(27)15-30-24(28)19-13-21(22-7-4-12-31-22)26-20-6-3-2-5-18(19)20/h2-13H,14-15H2,1H3,(H,25,27). The van der Waals surface area contributed by atoms with Gasteiger partial charge in [-0.25, -0.2) is 9.78 Å². The lowest BCUT2D eigenvalue weighted by Gasteiger charge is -2.10. The summed E-state index contributed by atoms with van der Waals surface area (Å²) >= 11 is 1.54. The van der Waals surface area contributed by atoms with Gasteiger partial charge in [-0.3, -0.25) is 4.79 Å². The Morgan fingerprint density at radius 2 is 1.84 bits per heavy atom. The van der Waals surface area contributed by atoms with Gasteiger partial charge in [0.25, 0.3) is 5.91 Å². The number of hydrogen-bond acceptors (Lipinski definition) is 6. The maximum Gasteiger partial charge on any atom is 0.339 e. The number of pyridine rings is 1. The molecule has 0 radical (unpaired) electrons. The molecule has 0 aliphatic rings. The molecule has 4 rings (SSSR count). The van der Waals surface area contributed by atoms with Crippen molar-refractivity contribution in [2.75, 3.05) is 13.7 Å². The molecule has 0 atom stereocenters. The minimum atomic E-state index is -0.559. The van der Waals surface area contributed by atoms with Gasteiger partial charge in [-0.15, -0.1) is 11.3 Å². The Balaban J connectivity index is 1.43. The van der Waals surface area contributed by atoms with Gasteiger partial charge >= 0.3 is 5.97 Å². The Labute approximate surface area is 183 Å². The predicted molar refractivity (Wildman–Crippen MR) is 120 cm³/mol. The summed E-state index contributed by atoms with van der Waals surface area (Å²) in [4.78, 5) is 30.6. The molecule has 7 heteroatoms. The van der Waals surface area contributed by atoms with E-state index >= 15 is 0 Å². The molecule has 4 aromatic rings. The minimum Gasteiger partial charge on any atom is -0.497 e. The number of aromatic nitrogens is 1. The van der Waals surface area contributed by atoms with Gasteiger partial charge in [0.05, 0.1) is 28.8 Å². The molecule has 156 valence electrons. The van der Waals surface area contributed by atoms with Crippen LogP contribution >= 0.6 is 11.3 Å². The number of fused-ring (bicyclic) bond motifs is 1. The Bertz CT molecular complexity index is 1200. The molecule has 6 nitrogen and oxygen atoms in total. The molecular weight excluding hydrogens is 412 g/mol. The first-order chi connectivity index (χ1) is 15.1. The average Bonchev–Trinajstić information content (AvgIpc) is 3.36. The van der Waals surface area contributed by atoms with Crippen LogP contribution in [0, 0.1) is 0 Å². The van der Waals surface area contributed by atoms with Crippen LogP contribution in [0.2, 0.25) is 0 Å². The van der Waals surface area contributed by atoms with Crippen LogP contribution in [0.1, 0.15) is 15.9 Å². The molecule has 0 spiro atoms. The monoisotopic (exact) mass is 432 g/mol. The lowest BCUT2D eigenvalue weighted by atomic mass is 10.1. The van der Waals surface area contributed by atoms with E-state index in [9.17, 15) is 9.59 Å². The number of nitrogens with one attached hydrogen (secondary N) is 1. The predicted octanol–water partition coefficient (Wildman–Crippen LogP) is 4.45. The van der Waals surface area contributed by atoms with E-state index in [4.69, 9.17) is 9.47 Å². The van der Waals surface area contributed by atoms with Crippen LogP contribution < -0.4 is 10.1 Å². The lowest BCUT2D eigenvalue weighted by molar-refractivity contribution is -0.124. The van der Waals surface area contributed by atoms with Gasteiger partial charge in [0.2, 0.25) is 0 Å². The molecule has 2 heterocycles. The maximum atomic E-state index is 12.8. The molecule has 0 unspecified atom stereocenters. The molecule has 1 amide bonds. The number of ether oxygens (including phenoxy) is 2. The second-order valence-corrected chi connectivity index (χ2v) is 7.70. The highest BCUT2D eigenvalue weighted by Gasteiger charge is 2.16. The molecule has 0 aliphatic carbocycles. The van der Waals surface area contributed by atoms with Crippen molar-refractivity contribution >= 4 is 34.1 Å². The quantitative estimate of drug-likeness (QED) is 0.437. The normalized spacial score (nSPS) is 10.6. The first-order valence-electron chi connectivity index (χ1n) is 9.64. The second-order valence-electron chi connectivity index (χ2n) is 6.75. The molecule has 0 fully saturated rings. The van der Waals surface area contributed by atoms with E-state index in [-0.39, 0.29) is 12.5 Å². The van der Waals surface area contributed by atoms with E-state index in [1.54, 1.807) is 24.5 Å². The summed E-state index contributed by atoms with van der Waals surface area (Å²) in [5, 5.41) is 5.39. The van der Waals surface area contributed by atoms with Crippen LogP contribution in [0.4, 0.5) is 0 Å². The second kappa shape index (κ2) is 9.40. The largest absolute Gasteiger partial charge is 0.497 e. The fourth-order valence-electron chi connectivity index (χ4n) is 3.10. The average molecular weight is 433 g/mol. The molecule has 1 N–H and O–H groups in total. The smallest absolute Gasteiger partial charge is 0.339 e. The van der Waals surface area contributed by atoms with Gasteiger partial charge in [-0.1, -0.05) is 36.4 Å². The third-order valence-corrected chi connectivity index (χ3v) is 5.59. The van der Waals surface area contributed by atoms with Gasteiger partial charge in [0, 0.05) is 11.9 Å². The number of carbonyl (C=O) groups is 2. The van der Waals surface area contributed by atoms with Gasteiger partial charge in [0.1, 0.15) is 5.75 Å². The van der Waals surface area contributed by atoms with E-state index in [0.29, 0.717) is 28.7 Å². The zero-order chi connectivity index (χ0) is 21.6. The SMILES string of the molecule is COc1ccc(CNC(=O)COC(=O)c2cc(-c3cccs3)nc3ccccc23)cc1. The van der Waals surface area contributed by atoms with Crippen molar-refractivity contribution in [1.29, 1.82) is 0 Å². The summed E-state index contributed by atoms with van der Waals surface area (Å²) < 4.78 is 10.4. The fourth-order valence-corrected chi connectivity index (χ4v) is 3.78. The molecular formula is C24H20N2O4S. The van der Waals surface area contributed by atoms with E-state index in [0.717, 1.165) is 16.2 Å². The Kier molecular flexibility index (Phi) is 6.24. The third kappa shape index (κ3) is 4.90. The topological polar surface area (TPSA) is 77.5 Å². The van der Waals surface area contributed by atoms with Gasteiger partial charge in [-0.2, -0.15) is 0 Å². The molecule has 0 bridgehead atoms. The van der Waals surface area contributed by atoms with Gasteiger partial charge in [0.15, 0.2) is 6.61 Å². The van der Waals surface area contributed by atoms with Crippen LogP contribution in [-0.2, 0) is 16.1 Å². The number of nitrogens with zero attached hydrogens (tertiary/aromatic N) is 1. The van der Waals surface area contributed by atoms with Crippen LogP contribution in [0.3, 0.4) is 0 Å². The van der Waals surface area contributed by atoms with Crippen LogP contribution in [0.5, 0.6) is 5.75 Å². The first-order valence-corrected chi connectivity index (χ1v) is 10.5. The Morgan fingerprint density at radius 3 is 2.58 bits per heavy atom. The highest BCUT2D eigenvalue weighted by Crippen LogP contribution is 2.28. The summed E-state index contributed by atoms with van der Waals surface area (Å²) in [6.07, 6.45) is 0. The number of methoxy groups -OCH3 is 1. The zero-order valence-electron chi connectivity index (χ0n) is 16.8. The maximum absolute atomic E-state index is 12.8.